The maximum Gasteiger partial charge on any atom is 0.338 e. The lowest BCUT2D eigenvalue weighted by atomic mass is 9.33. The summed E-state index contributed by atoms with van der Waals surface area (Å²) < 4.78 is 12.6. The summed E-state index contributed by atoms with van der Waals surface area (Å²) in [5, 5.41) is 0. The molecule has 0 amide bonds. The molecule has 4 heteroatoms. The molecule has 4 fully saturated rings. The van der Waals surface area contributed by atoms with Crippen LogP contribution < -0.4 is 0 Å². The van der Waals surface area contributed by atoms with Gasteiger partial charge in [0.1, 0.15) is 6.10 Å². The number of hydrogen-bond donors (Lipinski definition) is 0. The van der Waals surface area contributed by atoms with E-state index in [9.17, 15) is 9.59 Å². The van der Waals surface area contributed by atoms with E-state index in [0.29, 0.717) is 47.3 Å². The van der Waals surface area contributed by atoms with E-state index in [2.05, 4.69) is 54.5 Å². The third kappa shape index (κ3) is 4.97. The molecule has 0 aromatic heterocycles. The van der Waals surface area contributed by atoms with Crippen LogP contribution in [0.15, 0.2) is 72.3 Å². The SMILES string of the molecule is C[C@H]1[C@H](C)CC[C@]2(COC(=O)c3ccccc3)CC[C@]3(C)C(=CC[C@H]4[C@@]5(C)CC[C@H](OC(=O)c6ccccc6)C(C)(C)[C@@H]5CC[C@]43C)[C@@H]12. The van der Waals surface area contributed by atoms with Crippen LogP contribution in [-0.4, -0.2) is 24.6 Å². The lowest BCUT2D eigenvalue weighted by Crippen LogP contribution is -2.65. The molecule has 5 aliphatic carbocycles. The summed E-state index contributed by atoms with van der Waals surface area (Å²) in [6.07, 6.45) is 12.8. The second-order valence-electron chi connectivity index (χ2n) is 18.1. The Morgan fingerprint density at radius 2 is 1.38 bits per heavy atom. The van der Waals surface area contributed by atoms with Crippen LogP contribution in [0.25, 0.3) is 0 Å². The Hall–Kier alpha value is -2.88. The van der Waals surface area contributed by atoms with Crippen molar-refractivity contribution in [1.29, 1.82) is 0 Å². The van der Waals surface area contributed by atoms with Crippen LogP contribution in [0.5, 0.6) is 0 Å². The van der Waals surface area contributed by atoms with Gasteiger partial charge in [-0.25, -0.2) is 9.59 Å². The number of ether oxygens (including phenoxy) is 2. The third-order valence-corrected chi connectivity index (χ3v) is 15.9. The average Bonchev–Trinajstić information content (AvgIpc) is 3.08. The van der Waals surface area contributed by atoms with Crippen LogP contribution in [0, 0.1) is 56.7 Å². The first-order valence-corrected chi connectivity index (χ1v) is 19.0. The summed E-state index contributed by atoms with van der Waals surface area (Å²) in [7, 11) is 0. The topological polar surface area (TPSA) is 52.6 Å². The van der Waals surface area contributed by atoms with Crippen LogP contribution in [-0.2, 0) is 9.47 Å². The fourth-order valence-corrected chi connectivity index (χ4v) is 12.7. The Morgan fingerprint density at radius 3 is 2.04 bits per heavy atom. The predicted molar refractivity (Wildman–Crippen MR) is 191 cm³/mol. The van der Waals surface area contributed by atoms with Gasteiger partial charge in [0.15, 0.2) is 0 Å². The first-order valence-electron chi connectivity index (χ1n) is 19.0. The van der Waals surface area contributed by atoms with Crippen molar-refractivity contribution in [3.8, 4) is 0 Å². The molecule has 2 aromatic carbocycles. The zero-order valence-electron chi connectivity index (χ0n) is 30.5. The molecule has 0 N–H and O–H groups in total. The fourth-order valence-electron chi connectivity index (χ4n) is 12.7. The summed E-state index contributed by atoms with van der Waals surface area (Å²) in [6, 6.07) is 19.0. The zero-order chi connectivity index (χ0) is 34.1. The van der Waals surface area contributed by atoms with E-state index < -0.39 is 0 Å². The van der Waals surface area contributed by atoms with Gasteiger partial charge in [-0.1, -0.05) is 96.5 Å². The smallest absolute Gasteiger partial charge is 0.338 e. The molecule has 5 aliphatic rings. The van der Waals surface area contributed by atoms with E-state index >= 15 is 0 Å². The molecule has 0 unspecified atom stereocenters. The van der Waals surface area contributed by atoms with Gasteiger partial charge >= 0.3 is 11.9 Å². The fraction of sp³-hybridized carbons (Fsp3) is 0.636. The normalized spacial score (nSPS) is 41.4. The lowest BCUT2D eigenvalue weighted by Gasteiger charge is -2.71. The molecule has 48 heavy (non-hydrogen) atoms. The molecule has 0 spiro atoms. The number of fused-ring (bicyclic) bond motifs is 7. The van der Waals surface area contributed by atoms with Crippen molar-refractivity contribution < 1.29 is 19.1 Å². The number of carbonyl (C=O) groups is 2. The minimum Gasteiger partial charge on any atom is -0.461 e. The Morgan fingerprint density at radius 1 is 0.729 bits per heavy atom. The van der Waals surface area contributed by atoms with Crippen LogP contribution >= 0.6 is 0 Å². The molecule has 0 saturated heterocycles. The van der Waals surface area contributed by atoms with Crippen LogP contribution in [0.3, 0.4) is 0 Å². The summed E-state index contributed by atoms with van der Waals surface area (Å²) in [6.45, 7) is 18.1. The van der Waals surface area contributed by atoms with Gasteiger partial charge in [0.05, 0.1) is 17.7 Å². The number of esters is 2. The summed E-state index contributed by atoms with van der Waals surface area (Å²) in [5.41, 5.74) is 3.39. The molecule has 10 atom stereocenters. The Kier molecular flexibility index (Phi) is 8.31. The molecule has 7 rings (SSSR count). The molecule has 0 heterocycles. The summed E-state index contributed by atoms with van der Waals surface area (Å²) in [5.74, 6) is 2.36. The Bertz CT molecular complexity index is 1560. The minimum atomic E-state index is -0.188. The number of rotatable bonds is 5. The molecule has 0 bridgehead atoms. The van der Waals surface area contributed by atoms with Gasteiger partial charge < -0.3 is 9.47 Å². The molecule has 258 valence electrons. The molecule has 0 radical (unpaired) electrons. The molecule has 0 aliphatic heterocycles. The molecule has 2 aromatic rings. The van der Waals surface area contributed by atoms with Crippen molar-refractivity contribution in [1.82, 2.24) is 0 Å². The van der Waals surface area contributed by atoms with Crippen LogP contribution in [0.4, 0.5) is 0 Å². The Balaban J connectivity index is 1.17. The maximum absolute atomic E-state index is 13.2. The van der Waals surface area contributed by atoms with Gasteiger partial charge in [-0.3, -0.25) is 0 Å². The minimum absolute atomic E-state index is 0.00862. The van der Waals surface area contributed by atoms with Crippen LogP contribution in [0.2, 0.25) is 0 Å². The number of carbonyl (C=O) groups excluding carboxylic acids is 2. The van der Waals surface area contributed by atoms with E-state index in [1.807, 2.05) is 60.7 Å². The zero-order valence-corrected chi connectivity index (χ0v) is 30.5. The second-order valence-corrected chi connectivity index (χ2v) is 18.1. The number of benzene rings is 2. The van der Waals surface area contributed by atoms with Crippen molar-refractivity contribution in [3.05, 3.63) is 83.4 Å². The van der Waals surface area contributed by atoms with E-state index in [4.69, 9.17) is 9.47 Å². The monoisotopic (exact) mass is 650 g/mol. The van der Waals surface area contributed by atoms with E-state index in [1.54, 1.807) is 5.57 Å². The van der Waals surface area contributed by atoms with Gasteiger partial charge in [-0.15, -0.1) is 0 Å². The maximum atomic E-state index is 13.2. The van der Waals surface area contributed by atoms with Gasteiger partial charge in [-0.2, -0.15) is 0 Å². The standard InChI is InChI=1S/C44H58O4/c1-29-20-25-44(28-47-38(45)31-14-10-8-11-15-31)27-26-42(6)33(37(44)30(29)2)18-19-35-41(5)23-22-36(48-39(46)32-16-12-9-13-17-32)40(3,4)34(41)21-24-43(35,42)7/h8-18,29-30,34-37H,19-28H2,1-7H3/t29-,30+,34+,35+,36+,37-,41+,42-,43-,44-/m1/s1. The average molecular weight is 651 g/mol. The first kappa shape index (κ1) is 33.6. The quantitative estimate of drug-likeness (QED) is 0.239. The van der Waals surface area contributed by atoms with Crippen molar-refractivity contribution >= 4 is 11.9 Å². The van der Waals surface area contributed by atoms with Crippen molar-refractivity contribution in [2.45, 2.75) is 112 Å². The highest BCUT2D eigenvalue weighted by Gasteiger charge is 2.69. The predicted octanol–water partition coefficient (Wildman–Crippen LogP) is 10.7. The van der Waals surface area contributed by atoms with E-state index in [-0.39, 0.29) is 45.1 Å². The van der Waals surface area contributed by atoms with Gasteiger partial charge in [0.25, 0.3) is 0 Å². The van der Waals surface area contributed by atoms with Crippen molar-refractivity contribution in [3.63, 3.8) is 0 Å². The molecular weight excluding hydrogens is 592 g/mol. The van der Waals surface area contributed by atoms with Crippen molar-refractivity contribution in [2.24, 2.45) is 56.7 Å². The summed E-state index contributed by atoms with van der Waals surface area (Å²) in [4.78, 5) is 26.4. The van der Waals surface area contributed by atoms with E-state index in [1.165, 1.54) is 19.3 Å². The number of allylic oxidation sites excluding steroid dienone is 2. The number of hydrogen-bond acceptors (Lipinski definition) is 4. The highest BCUT2D eigenvalue weighted by atomic mass is 16.5. The van der Waals surface area contributed by atoms with Gasteiger partial charge in [0.2, 0.25) is 0 Å². The largest absolute Gasteiger partial charge is 0.461 e. The summed E-state index contributed by atoms with van der Waals surface area (Å²) >= 11 is 0. The third-order valence-electron chi connectivity index (χ3n) is 15.9. The highest BCUT2D eigenvalue weighted by Crippen LogP contribution is 2.76. The van der Waals surface area contributed by atoms with Crippen molar-refractivity contribution in [2.75, 3.05) is 6.61 Å². The molecule has 4 saturated carbocycles. The van der Waals surface area contributed by atoms with Gasteiger partial charge in [0, 0.05) is 10.8 Å². The van der Waals surface area contributed by atoms with E-state index in [0.717, 1.165) is 38.5 Å². The molecular formula is C44H58O4. The van der Waals surface area contributed by atoms with Gasteiger partial charge in [-0.05, 0) is 128 Å². The Labute approximate surface area is 289 Å². The lowest BCUT2D eigenvalue weighted by molar-refractivity contribution is -0.206. The van der Waals surface area contributed by atoms with Crippen LogP contribution in [0.1, 0.15) is 127 Å². The first-order chi connectivity index (χ1) is 22.8. The molecule has 4 nitrogen and oxygen atoms in total. The second kappa shape index (κ2) is 11.9. The highest BCUT2D eigenvalue weighted by molar-refractivity contribution is 5.89.